The fraction of sp³-hybridized carbons (Fsp3) is 0. The molecule has 0 amide bonds. The highest BCUT2D eigenvalue weighted by Gasteiger charge is 2.08. The van der Waals surface area contributed by atoms with Gasteiger partial charge in [-0.1, -0.05) is 49.6 Å². The second kappa shape index (κ2) is 8.71. The number of rotatable bonds is 6. The van der Waals surface area contributed by atoms with Gasteiger partial charge in [0.2, 0.25) is 0 Å². The Morgan fingerprint density at radius 2 is 1.14 bits per heavy atom. The van der Waals surface area contributed by atoms with Gasteiger partial charge in [-0.2, -0.15) is 0 Å². The minimum atomic E-state index is -0.508. The third-order valence-corrected chi connectivity index (χ3v) is 4.17. The molecule has 0 spiro atoms. The van der Waals surface area contributed by atoms with Crippen LogP contribution in [0.2, 0.25) is 0 Å². The van der Waals surface area contributed by atoms with E-state index in [4.69, 9.17) is 15.2 Å². The van der Waals surface area contributed by atoms with Gasteiger partial charge in [-0.25, -0.2) is 9.59 Å². The van der Waals surface area contributed by atoms with E-state index in [2.05, 4.69) is 13.2 Å². The van der Waals surface area contributed by atoms with Crippen LogP contribution in [0.1, 0.15) is 0 Å². The third-order valence-electron chi connectivity index (χ3n) is 4.17. The smallest absolute Gasteiger partial charge is 0.335 e. The topological polar surface area (TPSA) is 78.6 Å². The zero-order chi connectivity index (χ0) is 20.8. The highest BCUT2D eigenvalue weighted by Crippen LogP contribution is 2.32. The van der Waals surface area contributed by atoms with Crippen LogP contribution in [0.4, 0.5) is 5.69 Å². The van der Waals surface area contributed by atoms with Gasteiger partial charge in [0.1, 0.15) is 11.5 Å². The number of anilines is 1. The standard InChI is InChI=1S/C24H19NO4/c1-3-23(26)28-19-10-5-16(6-11-19)18-9-14-21(22(25)15-18)17-7-12-20(13-8-17)29-24(27)4-2/h3-15H,1-2,25H2. The molecule has 3 rings (SSSR count). The maximum atomic E-state index is 11.3. The number of nitrogen functional groups attached to an aromatic ring is 1. The van der Waals surface area contributed by atoms with Gasteiger partial charge in [0.05, 0.1) is 0 Å². The van der Waals surface area contributed by atoms with E-state index < -0.39 is 11.9 Å². The first-order valence-electron chi connectivity index (χ1n) is 8.79. The second-order valence-electron chi connectivity index (χ2n) is 6.10. The zero-order valence-electron chi connectivity index (χ0n) is 15.6. The predicted octanol–water partition coefficient (Wildman–Crippen LogP) is 4.79. The third kappa shape index (κ3) is 4.78. The van der Waals surface area contributed by atoms with E-state index in [0.717, 1.165) is 34.4 Å². The molecule has 0 aliphatic rings. The lowest BCUT2D eigenvalue weighted by atomic mass is 9.98. The molecule has 0 aliphatic carbocycles. The number of nitrogens with two attached hydrogens (primary N) is 1. The Morgan fingerprint density at radius 3 is 1.59 bits per heavy atom. The van der Waals surface area contributed by atoms with Crippen LogP contribution in [-0.4, -0.2) is 11.9 Å². The van der Waals surface area contributed by atoms with E-state index in [1.165, 1.54) is 0 Å². The lowest BCUT2D eigenvalue weighted by Gasteiger charge is -2.10. The van der Waals surface area contributed by atoms with Crippen molar-refractivity contribution in [3.8, 4) is 33.8 Å². The van der Waals surface area contributed by atoms with Crippen LogP contribution in [0.3, 0.4) is 0 Å². The molecule has 0 atom stereocenters. The Kier molecular flexibility index (Phi) is 5.90. The Balaban J connectivity index is 1.79. The number of benzene rings is 3. The molecule has 3 aromatic carbocycles. The summed E-state index contributed by atoms with van der Waals surface area (Å²) in [7, 11) is 0. The second-order valence-corrected chi connectivity index (χ2v) is 6.10. The van der Waals surface area contributed by atoms with Gasteiger partial charge in [0, 0.05) is 23.4 Å². The molecule has 0 fully saturated rings. The van der Waals surface area contributed by atoms with Crippen molar-refractivity contribution in [1.29, 1.82) is 0 Å². The molecule has 0 radical (unpaired) electrons. The molecule has 0 saturated carbocycles. The van der Waals surface area contributed by atoms with Crippen molar-refractivity contribution < 1.29 is 19.1 Å². The Hall–Kier alpha value is -4.12. The van der Waals surface area contributed by atoms with Crippen LogP contribution in [0, 0.1) is 0 Å². The molecule has 0 heterocycles. The first kappa shape index (κ1) is 19.6. The normalized spacial score (nSPS) is 10.1. The largest absolute Gasteiger partial charge is 0.423 e. The van der Waals surface area contributed by atoms with Crippen LogP contribution in [0.25, 0.3) is 22.3 Å². The van der Waals surface area contributed by atoms with E-state index in [9.17, 15) is 9.59 Å². The first-order chi connectivity index (χ1) is 14.0. The van der Waals surface area contributed by atoms with E-state index >= 15 is 0 Å². The highest BCUT2D eigenvalue weighted by atomic mass is 16.5. The van der Waals surface area contributed by atoms with Crippen molar-refractivity contribution in [2.75, 3.05) is 5.73 Å². The maximum absolute atomic E-state index is 11.3. The van der Waals surface area contributed by atoms with Gasteiger partial charge in [-0.15, -0.1) is 0 Å². The van der Waals surface area contributed by atoms with E-state index in [1.807, 2.05) is 42.5 Å². The van der Waals surface area contributed by atoms with Gasteiger partial charge in [0.15, 0.2) is 0 Å². The summed E-state index contributed by atoms with van der Waals surface area (Å²) >= 11 is 0. The minimum absolute atomic E-state index is 0.436. The fourth-order valence-electron chi connectivity index (χ4n) is 2.74. The molecule has 3 aromatic rings. The van der Waals surface area contributed by atoms with Gasteiger partial charge >= 0.3 is 11.9 Å². The number of carbonyl (C=O) groups is 2. The Morgan fingerprint density at radius 1 is 0.690 bits per heavy atom. The summed E-state index contributed by atoms with van der Waals surface area (Å²) in [4.78, 5) is 22.5. The monoisotopic (exact) mass is 385 g/mol. The van der Waals surface area contributed by atoms with Gasteiger partial charge in [-0.05, 0) is 47.0 Å². The summed E-state index contributed by atoms with van der Waals surface area (Å²) < 4.78 is 10.2. The molecule has 0 aromatic heterocycles. The number of carbonyl (C=O) groups excluding carboxylic acids is 2. The fourth-order valence-corrected chi connectivity index (χ4v) is 2.74. The van der Waals surface area contributed by atoms with Gasteiger partial charge < -0.3 is 15.2 Å². The zero-order valence-corrected chi connectivity index (χ0v) is 15.6. The van der Waals surface area contributed by atoms with Gasteiger partial charge in [0.25, 0.3) is 0 Å². The molecule has 5 nitrogen and oxygen atoms in total. The first-order valence-corrected chi connectivity index (χ1v) is 8.79. The van der Waals surface area contributed by atoms with Crippen molar-refractivity contribution in [2.45, 2.75) is 0 Å². The molecule has 29 heavy (non-hydrogen) atoms. The van der Waals surface area contributed by atoms with Gasteiger partial charge in [-0.3, -0.25) is 0 Å². The summed E-state index contributed by atoms with van der Waals surface area (Å²) in [5.74, 6) is -0.130. The predicted molar refractivity (Wildman–Crippen MR) is 113 cm³/mol. The van der Waals surface area contributed by atoms with Crippen molar-refractivity contribution >= 4 is 17.6 Å². The lowest BCUT2D eigenvalue weighted by Crippen LogP contribution is -2.02. The van der Waals surface area contributed by atoms with Crippen LogP contribution in [0.15, 0.2) is 92.0 Å². The summed E-state index contributed by atoms with van der Waals surface area (Å²) in [6.07, 6.45) is 2.23. The number of hydrogen-bond acceptors (Lipinski definition) is 5. The average molecular weight is 385 g/mol. The van der Waals surface area contributed by atoms with Crippen molar-refractivity contribution in [3.05, 3.63) is 92.0 Å². The van der Waals surface area contributed by atoms with Crippen LogP contribution in [-0.2, 0) is 9.59 Å². The Bertz CT molecular complexity index is 1070. The summed E-state index contributed by atoms with van der Waals surface area (Å²) in [6.45, 7) is 6.74. The molecule has 0 aliphatic heterocycles. The Labute approximate surface area is 168 Å². The quantitative estimate of drug-likeness (QED) is 0.286. The van der Waals surface area contributed by atoms with E-state index in [1.54, 1.807) is 24.3 Å². The molecular weight excluding hydrogens is 366 g/mol. The maximum Gasteiger partial charge on any atom is 0.335 e. The molecular formula is C24H19NO4. The molecule has 5 heteroatoms. The lowest BCUT2D eigenvalue weighted by molar-refractivity contribution is -0.129. The van der Waals surface area contributed by atoms with E-state index in [-0.39, 0.29) is 0 Å². The molecule has 0 saturated heterocycles. The molecule has 2 N–H and O–H groups in total. The average Bonchev–Trinajstić information content (AvgIpc) is 2.74. The molecule has 144 valence electrons. The van der Waals surface area contributed by atoms with Crippen molar-refractivity contribution in [1.82, 2.24) is 0 Å². The van der Waals surface area contributed by atoms with Crippen LogP contribution >= 0.6 is 0 Å². The highest BCUT2D eigenvalue weighted by molar-refractivity contribution is 5.85. The van der Waals surface area contributed by atoms with E-state index in [0.29, 0.717) is 17.2 Å². The summed E-state index contributed by atoms with van der Waals surface area (Å²) in [5, 5.41) is 0. The number of hydrogen-bond donors (Lipinski definition) is 1. The summed E-state index contributed by atoms with van der Waals surface area (Å²) in [6, 6.07) is 20.0. The number of esters is 2. The van der Waals surface area contributed by atoms with Crippen molar-refractivity contribution in [3.63, 3.8) is 0 Å². The molecule has 0 bridgehead atoms. The summed E-state index contributed by atoms with van der Waals surface area (Å²) in [5.41, 5.74) is 10.5. The number of ether oxygens (including phenoxy) is 2. The minimum Gasteiger partial charge on any atom is -0.423 e. The molecule has 0 unspecified atom stereocenters. The van der Waals surface area contributed by atoms with Crippen LogP contribution < -0.4 is 15.2 Å². The van der Waals surface area contributed by atoms with Crippen molar-refractivity contribution in [2.24, 2.45) is 0 Å². The SMILES string of the molecule is C=CC(=O)Oc1ccc(-c2ccc(-c3ccc(OC(=O)C=C)cc3)c(N)c2)cc1. The van der Waals surface area contributed by atoms with Crippen LogP contribution in [0.5, 0.6) is 11.5 Å².